The van der Waals surface area contributed by atoms with Gasteiger partial charge in [-0.3, -0.25) is 0 Å². The molecule has 1 aromatic rings. The number of carbonyl (C=O) groups excluding carboxylic acids is 1. The molecule has 1 fully saturated rings. The van der Waals surface area contributed by atoms with Crippen molar-refractivity contribution in [3.05, 3.63) is 23.6 Å². The molecule has 2 rings (SSSR count). The molecule has 0 bridgehead atoms. The second-order valence-corrected chi connectivity index (χ2v) is 7.13. The highest BCUT2D eigenvalue weighted by Crippen LogP contribution is 2.21. The van der Waals surface area contributed by atoms with Gasteiger partial charge in [0.25, 0.3) is 0 Å². The molecule has 25 heavy (non-hydrogen) atoms. The molecule has 1 amide bonds. The molecule has 1 aromatic heterocycles. The summed E-state index contributed by atoms with van der Waals surface area (Å²) < 4.78 is 18.6. The molecule has 2 N–H and O–H groups in total. The Morgan fingerprint density at radius 1 is 1.36 bits per heavy atom. The van der Waals surface area contributed by atoms with Gasteiger partial charge in [0.2, 0.25) is 5.95 Å². The van der Waals surface area contributed by atoms with Crippen molar-refractivity contribution in [2.75, 3.05) is 25.0 Å². The fourth-order valence-corrected chi connectivity index (χ4v) is 2.63. The topological polar surface area (TPSA) is 91.8 Å². The number of carboxylic acids is 1. The van der Waals surface area contributed by atoms with Gasteiger partial charge in [-0.1, -0.05) is 0 Å². The van der Waals surface area contributed by atoms with Crippen LogP contribution in [0.3, 0.4) is 0 Å². The Labute approximate surface area is 146 Å². The van der Waals surface area contributed by atoms with Crippen LogP contribution >= 0.6 is 0 Å². The second kappa shape index (κ2) is 7.67. The summed E-state index contributed by atoms with van der Waals surface area (Å²) in [6.07, 6.45) is 1.19. The number of carbonyl (C=O) groups is 2. The lowest BCUT2D eigenvalue weighted by Crippen LogP contribution is -2.42. The number of aromatic carboxylic acids is 1. The van der Waals surface area contributed by atoms with E-state index in [4.69, 9.17) is 9.84 Å². The molecule has 0 aliphatic carbocycles. The first-order valence-electron chi connectivity index (χ1n) is 8.27. The quantitative estimate of drug-likeness (QED) is 0.809. The van der Waals surface area contributed by atoms with Crippen molar-refractivity contribution in [1.82, 2.24) is 9.88 Å². The molecular weight excluding hydrogens is 329 g/mol. The van der Waals surface area contributed by atoms with E-state index in [1.54, 1.807) is 4.90 Å². The first-order chi connectivity index (χ1) is 11.7. The Hall–Kier alpha value is -2.38. The lowest BCUT2D eigenvalue weighted by atomic mass is 9.97. The Balaban J connectivity index is 1.86. The zero-order valence-electron chi connectivity index (χ0n) is 14.7. The van der Waals surface area contributed by atoms with E-state index in [9.17, 15) is 14.0 Å². The monoisotopic (exact) mass is 353 g/mol. The SMILES string of the molecule is CC(C)(C)OC(=O)N1CCC(CNc2nc(F)ccc2C(=O)O)CC1. The van der Waals surface area contributed by atoms with Crippen LogP contribution < -0.4 is 5.32 Å². The summed E-state index contributed by atoms with van der Waals surface area (Å²) in [7, 11) is 0. The van der Waals surface area contributed by atoms with Crippen molar-refractivity contribution >= 4 is 17.9 Å². The standard InChI is InChI=1S/C17H24FN3O4/c1-17(2,3)25-16(24)21-8-6-11(7-9-21)10-19-14-12(15(22)23)4-5-13(18)20-14/h4-5,11H,6-10H2,1-3H3,(H,19,20)(H,22,23). The fourth-order valence-electron chi connectivity index (χ4n) is 2.63. The van der Waals surface area contributed by atoms with E-state index in [0.717, 1.165) is 18.9 Å². The molecule has 1 aliphatic rings. The molecule has 7 nitrogen and oxygen atoms in total. The van der Waals surface area contributed by atoms with E-state index in [1.807, 2.05) is 20.8 Å². The molecule has 0 radical (unpaired) electrons. The van der Waals surface area contributed by atoms with Gasteiger partial charge in [-0.2, -0.15) is 4.39 Å². The molecule has 0 aromatic carbocycles. The first kappa shape index (κ1) is 19.0. The number of carboxylic acid groups (broad SMARTS) is 1. The smallest absolute Gasteiger partial charge is 0.410 e. The number of anilines is 1. The van der Waals surface area contributed by atoms with Gasteiger partial charge in [-0.15, -0.1) is 0 Å². The number of nitrogens with zero attached hydrogens (tertiary/aromatic N) is 2. The minimum absolute atomic E-state index is 0.0297. The van der Waals surface area contributed by atoms with Crippen molar-refractivity contribution in [2.24, 2.45) is 5.92 Å². The number of ether oxygens (including phenoxy) is 1. The number of aromatic nitrogens is 1. The molecule has 0 unspecified atom stereocenters. The molecule has 0 spiro atoms. The van der Waals surface area contributed by atoms with Gasteiger partial charge in [0.1, 0.15) is 17.0 Å². The average Bonchev–Trinajstić information content (AvgIpc) is 2.51. The number of hydrogen-bond acceptors (Lipinski definition) is 5. The highest BCUT2D eigenvalue weighted by Gasteiger charge is 2.27. The van der Waals surface area contributed by atoms with Gasteiger partial charge >= 0.3 is 12.1 Å². The van der Waals surface area contributed by atoms with Crippen LogP contribution in [0.25, 0.3) is 0 Å². The Kier molecular flexibility index (Phi) is 5.81. The van der Waals surface area contributed by atoms with E-state index in [0.29, 0.717) is 19.6 Å². The maximum atomic E-state index is 13.2. The summed E-state index contributed by atoms with van der Waals surface area (Å²) in [6.45, 7) is 7.10. The van der Waals surface area contributed by atoms with Crippen LogP contribution in [0.1, 0.15) is 44.0 Å². The highest BCUT2D eigenvalue weighted by atomic mass is 19.1. The molecule has 0 atom stereocenters. The molecule has 2 heterocycles. The number of piperidine rings is 1. The maximum Gasteiger partial charge on any atom is 0.410 e. The first-order valence-corrected chi connectivity index (χ1v) is 8.27. The number of likely N-dealkylation sites (tertiary alicyclic amines) is 1. The Bertz CT molecular complexity index is 637. The predicted molar refractivity (Wildman–Crippen MR) is 90.2 cm³/mol. The number of pyridine rings is 1. The normalized spacial score (nSPS) is 15.8. The van der Waals surface area contributed by atoms with Gasteiger partial charge in [-0.05, 0) is 51.7 Å². The van der Waals surface area contributed by atoms with E-state index < -0.39 is 17.5 Å². The minimum Gasteiger partial charge on any atom is -0.478 e. The number of hydrogen-bond donors (Lipinski definition) is 2. The third-order valence-corrected chi connectivity index (χ3v) is 3.92. The lowest BCUT2D eigenvalue weighted by molar-refractivity contribution is 0.0187. The van der Waals surface area contributed by atoms with E-state index in [-0.39, 0.29) is 23.4 Å². The Morgan fingerprint density at radius 3 is 2.56 bits per heavy atom. The van der Waals surface area contributed by atoms with Crippen LogP contribution in [-0.4, -0.2) is 52.3 Å². The second-order valence-electron chi connectivity index (χ2n) is 7.13. The van der Waals surface area contributed by atoms with Gasteiger partial charge in [0.15, 0.2) is 0 Å². The molecular formula is C17H24FN3O4. The van der Waals surface area contributed by atoms with E-state index in [2.05, 4.69) is 10.3 Å². The van der Waals surface area contributed by atoms with Crippen molar-refractivity contribution < 1.29 is 23.8 Å². The molecule has 138 valence electrons. The van der Waals surface area contributed by atoms with Crippen molar-refractivity contribution in [3.8, 4) is 0 Å². The van der Waals surface area contributed by atoms with Crippen molar-refractivity contribution in [2.45, 2.75) is 39.2 Å². The molecule has 1 saturated heterocycles. The van der Waals surface area contributed by atoms with Gasteiger partial charge in [-0.25, -0.2) is 14.6 Å². The van der Waals surface area contributed by atoms with Crippen molar-refractivity contribution in [3.63, 3.8) is 0 Å². The van der Waals surface area contributed by atoms with Crippen LogP contribution in [0.2, 0.25) is 0 Å². The van der Waals surface area contributed by atoms with Gasteiger partial charge < -0.3 is 20.1 Å². The summed E-state index contributed by atoms with van der Waals surface area (Å²) in [5.74, 6) is -1.62. The van der Waals surface area contributed by atoms with Crippen LogP contribution in [-0.2, 0) is 4.74 Å². The van der Waals surface area contributed by atoms with Crippen LogP contribution in [0.4, 0.5) is 15.0 Å². The van der Waals surface area contributed by atoms with Gasteiger partial charge in [0.05, 0.1) is 0 Å². The number of amides is 1. The third-order valence-electron chi connectivity index (χ3n) is 3.92. The lowest BCUT2D eigenvalue weighted by Gasteiger charge is -2.33. The van der Waals surface area contributed by atoms with Crippen LogP contribution in [0.15, 0.2) is 12.1 Å². The largest absolute Gasteiger partial charge is 0.478 e. The molecule has 0 saturated carbocycles. The summed E-state index contributed by atoms with van der Waals surface area (Å²) in [5, 5.41) is 12.0. The van der Waals surface area contributed by atoms with E-state index in [1.165, 1.54) is 6.07 Å². The average molecular weight is 353 g/mol. The van der Waals surface area contributed by atoms with Crippen molar-refractivity contribution in [1.29, 1.82) is 0 Å². The zero-order chi connectivity index (χ0) is 18.6. The Morgan fingerprint density at radius 2 is 2.00 bits per heavy atom. The number of rotatable bonds is 4. The maximum absolute atomic E-state index is 13.2. The summed E-state index contributed by atoms with van der Waals surface area (Å²) >= 11 is 0. The fraction of sp³-hybridized carbons (Fsp3) is 0.588. The van der Waals surface area contributed by atoms with E-state index >= 15 is 0 Å². The molecule has 1 aliphatic heterocycles. The van der Waals surface area contributed by atoms with Crippen LogP contribution in [0, 0.1) is 11.9 Å². The summed E-state index contributed by atoms with van der Waals surface area (Å²) in [5.41, 5.74) is -0.584. The minimum atomic E-state index is -1.16. The summed E-state index contributed by atoms with van der Waals surface area (Å²) in [6, 6.07) is 2.21. The number of halogens is 1. The molecule has 8 heteroatoms. The summed E-state index contributed by atoms with van der Waals surface area (Å²) in [4.78, 5) is 28.5. The van der Waals surface area contributed by atoms with Gasteiger partial charge in [0, 0.05) is 19.6 Å². The predicted octanol–water partition coefficient (Wildman–Crippen LogP) is 2.98. The van der Waals surface area contributed by atoms with Crippen LogP contribution in [0.5, 0.6) is 0 Å². The third kappa shape index (κ3) is 5.58. The number of nitrogens with one attached hydrogen (secondary N) is 1. The highest BCUT2D eigenvalue weighted by molar-refractivity contribution is 5.92. The zero-order valence-corrected chi connectivity index (χ0v) is 14.7.